The van der Waals surface area contributed by atoms with Gasteiger partial charge in [-0.05, 0) is 12.1 Å². The van der Waals surface area contributed by atoms with Crippen LogP contribution < -0.4 is 0 Å². The first-order valence-electron chi connectivity index (χ1n) is 4.76. The molecule has 0 saturated carbocycles. The van der Waals surface area contributed by atoms with Crippen LogP contribution in [0.2, 0.25) is 0 Å². The van der Waals surface area contributed by atoms with Crippen LogP contribution in [0.4, 0.5) is 0 Å². The molecule has 5 heteroatoms. The second-order valence-corrected chi connectivity index (χ2v) is 11.2. The maximum absolute atomic E-state index is 4.35. The van der Waals surface area contributed by atoms with E-state index in [0.717, 1.165) is 21.8 Å². The van der Waals surface area contributed by atoms with E-state index in [-0.39, 0.29) is 0 Å². The van der Waals surface area contributed by atoms with Crippen LogP contribution in [0.5, 0.6) is 0 Å². The molecule has 0 unspecified atom stereocenters. The standard InChI is InChI=1S/C12H8N2.Cu.2HI/c1-3-9-5-6-10-4-2-8-14-12(10)11(9)13-7-1;;;/h1-8H;;2*1H/q;+2;;/p-2. The smallest absolute Gasteiger partial charge is 0.0964 e. The Kier molecular flexibility index (Phi) is 5.40. The Labute approximate surface area is 128 Å². The number of aromatic nitrogens is 2. The second-order valence-electron chi connectivity index (χ2n) is 3.26. The van der Waals surface area contributed by atoms with Crippen molar-refractivity contribution in [2.24, 2.45) is 0 Å². The van der Waals surface area contributed by atoms with Gasteiger partial charge in [0, 0.05) is 23.2 Å². The van der Waals surface area contributed by atoms with E-state index in [2.05, 4.69) is 74.9 Å². The second kappa shape index (κ2) is 6.82. The van der Waals surface area contributed by atoms with Crippen LogP contribution in [0, 0.1) is 0 Å². The Morgan fingerprint density at radius 2 is 1.18 bits per heavy atom. The van der Waals surface area contributed by atoms with E-state index in [0.29, 0.717) is 0 Å². The van der Waals surface area contributed by atoms with E-state index in [9.17, 15) is 0 Å². The summed E-state index contributed by atoms with van der Waals surface area (Å²) in [6.07, 6.45) is 3.60. The van der Waals surface area contributed by atoms with Gasteiger partial charge < -0.3 is 0 Å². The van der Waals surface area contributed by atoms with Crippen LogP contribution in [0.15, 0.2) is 48.8 Å². The molecule has 0 amide bonds. The molecule has 0 spiro atoms. The molecule has 3 rings (SSSR count). The SMILES string of the molecule is [I][Cu][I].c1cnc2c(c1)ccc1cccnc12. The number of fused-ring (bicyclic) bond motifs is 3. The fraction of sp³-hybridized carbons (Fsp3) is 0. The summed E-state index contributed by atoms with van der Waals surface area (Å²) < 4.78 is 0. The van der Waals surface area contributed by atoms with Crippen molar-refractivity contribution >= 4 is 62.5 Å². The van der Waals surface area contributed by atoms with Crippen molar-refractivity contribution in [2.75, 3.05) is 0 Å². The maximum atomic E-state index is 4.35. The minimum Gasteiger partial charge on any atom is -0.254 e. The van der Waals surface area contributed by atoms with Gasteiger partial charge in [0.05, 0.1) is 11.0 Å². The van der Waals surface area contributed by atoms with Gasteiger partial charge in [-0.2, -0.15) is 0 Å². The first kappa shape index (κ1) is 13.5. The Hall–Kier alpha value is 0.0195. The molecule has 0 N–H and O–H groups in total. The van der Waals surface area contributed by atoms with E-state index in [1.807, 2.05) is 12.1 Å². The summed E-state index contributed by atoms with van der Waals surface area (Å²) in [5, 5.41) is 2.28. The molecular formula is C12H8CuI2N2. The Morgan fingerprint density at radius 3 is 1.59 bits per heavy atom. The zero-order valence-electron chi connectivity index (χ0n) is 8.57. The normalized spacial score (nSPS) is 10.2. The average Bonchev–Trinajstić information content (AvgIpc) is 2.40. The predicted molar refractivity (Wildman–Crippen MR) is 85.1 cm³/mol. The van der Waals surface area contributed by atoms with E-state index in [1.54, 1.807) is 20.9 Å². The zero-order valence-corrected chi connectivity index (χ0v) is 13.8. The average molecular weight is 498 g/mol. The Morgan fingerprint density at radius 1 is 0.765 bits per heavy atom. The fourth-order valence-corrected chi connectivity index (χ4v) is 1.68. The molecule has 0 aliphatic rings. The molecule has 2 nitrogen and oxygen atoms in total. The van der Waals surface area contributed by atoms with Crippen molar-refractivity contribution in [2.45, 2.75) is 0 Å². The number of rotatable bonds is 0. The van der Waals surface area contributed by atoms with Gasteiger partial charge in [-0.3, -0.25) is 9.97 Å². The number of nitrogens with zero attached hydrogens (tertiary/aromatic N) is 2. The van der Waals surface area contributed by atoms with Crippen molar-refractivity contribution in [1.82, 2.24) is 9.97 Å². The van der Waals surface area contributed by atoms with Gasteiger partial charge in [0.2, 0.25) is 0 Å². The topological polar surface area (TPSA) is 25.8 Å². The quantitative estimate of drug-likeness (QED) is 0.259. The first-order valence-corrected chi connectivity index (χ1v) is 10.8. The molecule has 0 radical (unpaired) electrons. The summed E-state index contributed by atoms with van der Waals surface area (Å²) >= 11 is 4.36. The summed E-state index contributed by atoms with van der Waals surface area (Å²) in [7, 11) is 1.75. The van der Waals surface area contributed by atoms with Crippen molar-refractivity contribution < 1.29 is 8.46 Å². The van der Waals surface area contributed by atoms with Crippen LogP contribution in [-0.4, -0.2) is 9.97 Å². The van der Waals surface area contributed by atoms with Crippen LogP contribution in [0.3, 0.4) is 0 Å². The Bertz CT molecular complexity index is 576. The van der Waals surface area contributed by atoms with Gasteiger partial charge in [0.1, 0.15) is 0 Å². The third-order valence-electron chi connectivity index (χ3n) is 2.34. The van der Waals surface area contributed by atoms with Gasteiger partial charge in [-0.1, -0.05) is 24.3 Å². The maximum Gasteiger partial charge on any atom is 0.0964 e. The molecule has 3 aromatic rings. The minimum absolute atomic E-state index is 0.977. The van der Waals surface area contributed by atoms with Crippen LogP contribution in [0.1, 0.15) is 0 Å². The molecule has 0 aliphatic heterocycles. The van der Waals surface area contributed by atoms with Crippen molar-refractivity contribution in [3.8, 4) is 0 Å². The van der Waals surface area contributed by atoms with E-state index >= 15 is 0 Å². The predicted octanol–water partition coefficient (Wildman–Crippen LogP) is 4.55. The largest absolute Gasteiger partial charge is 0.254 e. The van der Waals surface area contributed by atoms with Crippen LogP contribution >= 0.6 is 40.7 Å². The first-order chi connectivity index (χ1) is 8.36. The summed E-state index contributed by atoms with van der Waals surface area (Å²) in [6, 6.07) is 12.1. The minimum atomic E-state index is 0.977. The molecule has 0 bridgehead atoms. The van der Waals surface area contributed by atoms with E-state index in [4.69, 9.17) is 0 Å². The number of halogens is 2. The van der Waals surface area contributed by atoms with Crippen LogP contribution in [-0.2, 0) is 8.46 Å². The number of hydrogen-bond donors (Lipinski definition) is 0. The molecule has 2 aromatic heterocycles. The molecule has 0 saturated heterocycles. The van der Waals surface area contributed by atoms with Crippen molar-refractivity contribution in [1.29, 1.82) is 0 Å². The molecule has 17 heavy (non-hydrogen) atoms. The Balaban J connectivity index is 0.000000329. The van der Waals surface area contributed by atoms with Gasteiger partial charge in [0.15, 0.2) is 0 Å². The monoisotopic (exact) mass is 497 g/mol. The molecule has 0 atom stereocenters. The van der Waals surface area contributed by atoms with Gasteiger partial charge in [0.25, 0.3) is 0 Å². The number of benzene rings is 1. The summed E-state index contributed by atoms with van der Waals surface area (Å²) in [6.45, 7) is 0. The molecule has 0 fully saturated rings. The van der Waals surface area contributed by atoms with E-state index in [1.165, 1.54) is 0 Å². The van der Waals surface area contributed by atoms with E-state index < -0.39 is 0 Å². The van der Waals surface area contributed by atoms with Crippen LogP contribution in [0.25, 0.3) is 21.8 Å². The number of pyridine rings is 2. The van der Waals surface area contributed by atoms with Crippen molar-refractivity contribution in [3.05, 3.63) is 48.8 Å². The van der Waals surface area contributed by atoms with Crippen molar-refractivity contribution in [3.63, 3.8) is 0 Å². The number of hydrogen-bond acceptors (Lipinski definition) is 2. The molecule has 91 valence electrons. The molecular weight excluding hydrogens is 490 g/mol. The summed E-state index contributed by atoms with van der Waals surface area (Å²) in [5.74, 6) is 0. The molecule has 2 heterocycles. The van der Waals surface area contributed by atoms with Gasteiger partial charge in [-0.25, -0.2) is 0 Å². The third kappa shape index (κ3) is 3.27. The summed E-state index contributed by atoms with van der Waals surface area (Å²) in [4.78, 5) is 8.69. The summed E-state index contributed by atoms with van der Waals surface area (Å²) in [5.41, 5.74) is 1.95. The zero-order chi connectivity index (χ0) is 12.1. The van der Waals surface area contributed by atoms with Gasteiger partial charge >= 0.3 is 49.1 Å². The van der Waals surface area contributed by atoms with Gasteiger partial charge in [-0.15, -0.1) is 0 Å². The third-order valence-corrected chi connectivity index (χ3v) is 2.34. The molecule has 0 aliphatic carbocycles. The fourth-order valence-electron chi connectivity index (χ4n) is 1.68. The molecule has 1 aromatic carbocycles.